The minimum absolute atomic E-state index is 0.0640. The van der Waals surface area contributed by atoms with E-state index in [-0.39, 0.29) is 11.7 Å². The summed E-state index contributed by atoms with van der Waals surface area (Å²) in [7, 11) is 3.23. The van der Waals surface area contributed by atoms with Crippen molar-refractivity contribution in [1.29, 1.82) is 0 Å². The normalized spacial score (nSPS) is 16.4. The summed E-state index contributed by atoms with van der Waals surface area (Å²) in [5.41, 5.74) is 2.86. The third-order valence-corrected chi connectivity index (χ3v) is 6.09. The maximum atomic E-state index is 12.4. The van der Waals surface area contributed by atoms with Gasteiger partial charge >= 0.3 is 0 Å². The second-order valence-corrected chi connectivity index (χ2v) is 8.49. The number of nitrogens with zero attached hydrogens (tertiary/aromatic N) is 1. The molecule has 0 saturated carbocycles. The van der Waals surface area contributed by atoms with Crippen LogP contribution >= 0.6 is 0 Å². The molecule has 1 saturated heterocycles. The lowest BCUT2D eigenvalue weighted by Gasteiger charge is -2.32. The number of hydrogen-bond donors (Lipinski definition) is 1. The Labute approximate surface area is 190 Å². The number of methoxy groups -OCH3 is 2. The Bertz CT molecular complexity index is 928. The second kappa shape index (κ2) is 11.7. The first-order valence-corrected chi connectivity index (χ1v) is 11.3. The van der Waals surface area contributed by atoms with Crippen LogP contribution in [0.4, 0.5) is 0 Å². The number of ether oxygens (including phenoxy) is 2. The summed E-state index contributed by atoms with van der Waals surface area (Å²) < 4.78 is 10.6. The van der Waals surface area contributed by atoms with Crippen molar-refractivity contribution in [2.45, 2.75) is 45.7 Å². The summed E-state index contributed by atoms with van der Waals surface area (Å²) in [4.78, 5) is 26.5. The highest BCUT2D eigenvalue weighted by Crippen LogP contribution is 2.25. The third kappa shape index (κ3) is 6.82. The highest BCUT2D eigenvalue weighted by Gasteiger charge is 2.21. The van der Waals surface area contributed by atoms with Gasteiger partial charge in [-0.1, -0.05) is 18.2 Å². The summed E-state index contributed by atoms with van der Waals surface area (Å²) >= 11 is 0. The lowest BCUT2D eigenvalue weighted by atomic mass is 9.93. The molecule has 1 amide bonds. The van der Waals surface area contributed by atoms with Crippen molar-refractivity contribution in [2.75, 3.05) is 27.3 Å². The van der Waals surface area contributed by atoms with Gasteiger partial charge in [0.05, 0.1) is 14.2 Å². The van der Waals surface area contributed by atoms with E-state index in [0.717, 1.165) is 55.8 Å². The molecule has 0 radical (unpaired) electrons. The Balaban J connectivity index is 1.45. The zero-order valence-electron chi connectivity index (χ0n) is 19.4. The zero-order valence-corrected chi connectivity index (χ0v) is 19.4. The van der Waals surface area contributed by atoms with E-state index in [1.54, 1.807) is 21.1 Å². The molecule has 2 aromatic rings. The number of benzene rings is 2. The second-order valence-electron chi connectivity index (χ2n) is 8.49. The van der Waals surface area contributed by atoms with Crippen LogP contribution in [0.15, 0.2) is 42.5 Å². The number of amides is 1. The SMILES string of the molecule is COc1ccc(CNC(=O)CC[C@H]2CCCN(Cc3cccc(C(C)=O)c3)C2)c(OC)c1. The highest BCUT2D eigenvalue weighted by molar-refractivity contribution is 5.94. The van der Waals surface area contributed by atoms with Gasteiger partial charge in [-0.2, -0.15) is 0 Å². The van der Waals surface area contributed by atoms with E-state index in [1.807, 2.05) is 36.4 Å². The number of carbonyl (C=O) groups is 2. The fourth-order valence-corrected chi connectivity index (χ4v) is 4.29. The predicted molar refractivity (Wildman–Crippen MR) is 125 cm³/mol. The lowest BCUT2D eigenvalue weighted by molar-refractivity contribution is -0.121. The molecule has 3 rings (SSSR count). The quantitative estimate of drug-likeness (QED) is 0.563. The van der Waals surface area contributed by atoms with E-state index in [0.29, 0.717) is 24.6 Å². The summed E-state index contributed by atoms with van der Waals surface area (Å²) in [6.07, 6.45) is 3.71. The van der Waals surface area contributed by atoms with Crippen molar-refractivity contribution in [3.8, 4) is 11.5 Å². The molecule has 0 aliphatic carbocycles. The van der Waals surface area contributed by atoms with Crippen molar-refractivity contribution >= 4 is 11.7 Å². The molecule has 2 aromatic carbocycles. The molecule has 1 fully saturated rings. The molecule has 0 aromatic heterocycles. The molecule has 0 bridgehead atoms. The van der Waals surface area contributed by atoms with Gasteiger partial charge in [-0.25, -0.2) is 0 Å². The number of nitrogens with one attached hydrogen (secondary N) is 1. The van der Waals surface area contributed by atoms with Gasteiger partial charge in [0, 0.05) is 43.2 Å². The van der Waals surface area contributed by atoms with Crippen LogP contribution in [0, 0.1) is 5.92 Å². The Hall–Kier alpha value is -2.86. The van der Waals surface area contributed by atoms with Crippen LogP contribution in [0.1, 0.15) is 54.1 Å². The standard InChI is InChI=1S/C26H34N2O4/c1-19(29)22-8-4-6-21(14-22)18-28-13-5-7-20(17-28)9-12-26(30)27-16-23-10-11-24(31-2)15-25(23)32-3/h4,6,8,10-11,14-15,20H,5,7,9,12-13,16-18H2,1-3H3,(H,27,30)/t20-/m1/s1. The van der Waals surface area contributed by atoms with Crippen molar-refractivity contribution in [3.63, 3.8) is 0 Å². The number of ketones is 1. The van der Waals surface area contributed by atoms with E-state index >= 15 is 0 Å². The summed E-state index contributed by atoms with van der Waals surface area (Å²) in [6, 6.07) is 13.5. The number of rotatable bonds is 10. The molecular weight excluding hydrogens is 404 g/mol. The topological polar surface area (TPSA) is 67.9 Å². The van der Waals surface area contributed by atoms with Crippen LogP contribution in [0.5, 0.6) is 11.5 Å². The molecule has 0 spiro atoms. The first-order chi connectivity index (χ1) is 15.5. The molecular formula is C26H34N2O4. The number of Topliss-reactive ketones (excluding diaryl/α,β-unsaturated/α-hetero) is 1. The van der Waals surface area contributed by atoms with E-state index in [4.69, 9.17) is 9.47 Å². The van der Waals surface area contributed by atoms with E-state index in [9.17, 15) is 9.59 Å². The molecule has 1 N–H and O–H groups in total. The first-order valence-electron chi connectivity index (χ1n) is 11.3. The van der Waals surface area contributed by atoms with Crippen LogP contribution in [0.25, 0.3) is 0 Å². The van der Waals surface area contributed by atoms with E-state index in [1.165, 1.54) is 5.56 Å². The maximum absolute atomic E-state index is 12.4. The molecule has 1 atom stereocenters. The summed E-state index contributed by atoms with van der Waals surface area (Å²) in [5, 5.41) is 3.01. The van der Waals surface area contributed by atoms with Gasteiger partial charge in [0.2, 0.25) is 5.91 Å². The van der Waals surface area contributed by atoms with E-state index < -0.39 is 0 Å². The van der Waals surface area contributed by atoms with Gasteiger partial charge in [-0.05, 0) is 62.4 Å². The van der Waals surface area contributed by atoms with Crippen molar-refractivity contribution in [3.05, 3.63) is 59.2 Å². The third-order valence-electron chi connectivity index (χ3n) is 6.09. The number of carbonyl (C=O) groups excluding carboxylic acids is 2. The average molecular weight is 439 g/mol. The Morgan fingerprint density at radius 1 is 1.12 bits per heavy atom. The monoisotopic (exact) mass is 438 g/mol. The van der Waals surface area contributed by atoms with Crippen LogP contribution in [0.3, 0.4) is 0 Å². The van der Waals surface area contributed by atoms with Crippen molar-refractivity contribution < 1.29 is 19.1 Å². The van der Waals surface area contributed by atoms with Gasteiger partial charge in [0.25, 0.3) is 0 Å². The molecule has 0 unspecified atom stereocenters. The van der Waals surface area contributed by atoms with Gasteiger partial charge in [-0.15, -0.1) is 0 Å². The number of likely N-dealkylation sites (tertiary alicyclic amines) is 1. The molecule has 6 heteroatoms. The number of piperidine rings is 1. The van der Waals surface area contributed by atoms with E-state index in [2.05, 4.69) is 16.3 Å². The predicted octanol–water partition coefficient (Wildman–Crippen LogP) is 4.22. The molecule has 172 valence electrons. The minimum atomic E-state index is 0.0640. The van der Waals surface area contributed by atoms with Crippen LogP contribution in [0.2, 0.25) is 0 Å². The van der Waals surface area contributed by atoms with Crippen molar-refractivity contribution in [1.82, 2.24) is 10.2 Å². The van der Waals surface area contributed by atoms with Crippen LogP contribution in [-0.4, -0.2) is 43.9 Å². The maximum Gasteiger partial charge on any atom is 0.220 e. The molecule has 1 aliphatic heterocycles. The van der Waals surface area contributed by atoms with Gasteiger partial charge in [-0.3, -0.25) is 14.5 Å². The largest absolute Gasteiger partial charge is 0.497 e. The highest BCUT2D eigenvalue weighted by atomic mass is 16.5. The van der Waals surface area contributed by atoms with Crippen molar-refractivity contribution in [2.24, 2.45) is 5.92 Å². The lowest BCUT2D eigenvalue weighted by Crippen LogP contribution is -2.35. The fourth-order valence-electron chi connectivity index (χ4n) is 4.29. The fraction of sp³-hybridized carbons (Fsp3) is 0.462. The summed E-state index contributed by atoms with van der Waals surface area (Å²) in [6.45, 7) is 4.94. The minimum Gasteiger partial charge on any atom is -0.497 e. The Kier molecular flexibility index (Phi) is 8.68. The first kappa shape index (κ1) is 23.8. The molecule has 6 nitrogen and oxygen atoms in total. The smallest absolute Gasteiger partial charge is 0.220 e. The number of hydrogen-bond acceptors (Lipinski definition) is 5. The summed E-state index contributed by atoms with van der Waals surface area (Å²) in [5.74, 6) is 2.12. The Morgan fingerprint density at radius 2 is 1.97 bits per heavy atom. The van der Waals surface area contributed by atoms with Gasteiger partial charge in [0.1, 0.15) is 11.5 Å². The van der Waals surface area contributed by atoms with Gasteiger partial charge in [0.15, 0.2) is 5.78 Å². The average Bonchev–Trinajstić information content (AvgIpc) is 2.81. The Morgan fingerprint density at radius 3 is 2.72 bits per heavy atom. The van der Waals surface area contributed by atoms with Crippen LogP contribution < -0.4 is 14.8 Å². The molecule has 1 heterocycles. The van der Waals surface area contributed by atoms with Gasteiger partial charge < -0.3 is 14.8 Å². The zero-order chi connectivity index (χ0) is 22.9. The molecule has 32 heavy (non-hydrogen) atoms. The molecule has 1 aliphatic rings. The van der Waals surface area contributed by atoms with Crippen LogP contribution in [-0.2, 0) is 17.9 Å².